The highest BCUT2D eigenvalue weighted by molar-refractivity contribution is 7.89. The third-order valence-electron chi connectivity index (χ3n) is 6.25. The molecule has 188 valence electrons. The summed E-state index contributed by atoms with van der Waals surface area (Å²) in [5.74, 6) is -0.132. The second kappa shape index (κ2) is 11.5. The minimum absolute atomic E-state index is 0.132. The number of hydrogen-bond donors (Lipinski definition) is 3. The summed E-state index contributed by atoms with van der Waals surface area (Å²) in [6.07, 6.45) is 4.93. The van der Waals surface area contributed by atoms with Gasteiger partial charge in [0.05, 0.1) is 4.90 Å². The van der Waals surface area contributed by atoms with Crippen molar-refractivity contribution in [2.45, 2.75) is 50.8 Å². The molecular weight excluding hydrogens is 470 g/mol. The van der Waals surface area contributed by atoms with Crippen LogP contribution in [-0.2, 0) is 27.7 Å². The molecule has 0 saturated heterocycles. The van der Waals surface area contributed by atoms with Gasteiger partial charge in [0.2, 0.25) is 15.9 Å². The second-order valence-corrected chi connectivity index (χ2v) is 10.8. The largest absolute Gasteiger partial charge is 0.354 e. The summed E-state index contributed by atoms with van der Waals surface area (Å²) < 4.78 is 28.6. The lowest BCUT2D eigenvalue weighted by Crippen LogP contribution is -2.26. The van der Waals surface area contributed by atoms with Crippen molar-refractivity contribution in [2.75, 3.05) is 11.9 Å². The first-order valence-electron chi connectivity index (χ1n) is 12.4. The van der Waals surface area contributed by atoms with E-state index in [4.69, 9.17) is 0 Å². The molecule has 0 aliphatic heterocycles. The molecule has 0 aliphatic carbocycles. The SMILES string of the molecule is CCCCCc1ccc(S(=O)(=O)NCCc2c(-c3cccc(NC(C)=O)c3)[nH]c3ccccc23)cc1. The summed E-state index contributed by atoms with van der Waals surface area (Å²) in [6, 6.07) is 22.8. The Labute approximate surface area is 213 Å². The number of sulfonamides is 1. The smallest absolute Gasteiger partial charge is 0.240 e. The Balaban J connectivity index is 1.52. The van der Waals surface area contributed by atoms with Gasteiger partial charge in [-0.3, -0.25) is 4.79 Å². The quantitative estimate of drug-likeness (QED) is 0.218. The summed E-state index contributed by atoms with van der Waals surface area (Å²) in [6.45, 7) is 3.91. The van der Waals surface area contributed by atoms with Crippen molar-refractivity contribution in [1.29, 1.82) is 0 Å². The number of fused-ring (bicyclic) bond motifs is 1. The van der Waals surface area contributed by atoms with Crippen LogP contribution in [0, 0.1) is 0 Å². The second-order valence-electron chi connectivity index (χ2n) is 9.03. The van der Waals surface area contributed by atoms with Crippen molar-refractivity contribution in [3.05, 3.63) is 83.9 Å². The van der Waals surface area contributed by atoms with Gasteiger partial charge in [0.1, 0.15) is 0 Å². The lowest BCUT2D eigenvalue weighted by atomic mass is 10.0. The number of aromatic nitrogens is 1. The summed E-state index contributed by atoms with van der Waals surface area (Å²) >= 11 is 0. The summed E-state index contributed by atoms with van der Waals surface area (Å²) in [4.78, 5) is 15.3. The van der Waals surface area contributed by atoms with Crippen molar-refractivity contribution in [1.82, 2.24) is 9.71 Å². The van der Waals surface area contributed by atoms with Gasteiger partial charge >= 0.3 is 0 Å². The van der Waals surface area contributed by atoms with Gasteiger partial charge in [0, 0.05) is 41.3 Å². The number of hydrogen-bond acceptors (Lipinski definition) is 3. The molecular formula is C29H33N3O3S. The van der Waals surface area contributed by atoms with Gasteiger partial charge in [0.25, 0.3) is 0 Å². The Hall–Kier alpha value is -3.42. The standard InChI is InChI=1S/C29H33N3O3S/c1-3-4-5-9-22-14-16-25(17-15-22)36(34,35)30-19-18-27-26-12-6-7-13-28(26)32-29(27)23-10-8-11-24(20-23)31-21(2)33/h6-8,10-17,20,30,32H,3-5,9,18-19H2,1-2H3,(H,31,33). The van der Waals surface area contributed by atoms with E-state index < -0.39 is 10.0 Å². The average Bonchev–Trinajstić information content (AvgIpc) is 3.23. The zero-order valence-electron chi connectivity index (χ0n) is 20.8. The number of para-hydroxylation sites is 1. The van der Waals surface area contributed by atoms with E-state index in [-0.39, 0.29) is 17.3 Å². The molecule has 3 aromatic carbocycles. The van der Waals surface area contributed by atoms with Crippen molar-refractivity contribution >= 4 is 32.5 Å². The van der Waals surface area contributed by atoms with Crippen LogP contribution in [0.15, 0.2) is 77.7 Å². The number of unbranched alkanes of at least 4 members (excludes halogenated alkanes) is 2. The maximum absolute atomic E-state index is 12.9. The molecule has 7 heteroatoms. The molecule has 1 aromatic heterocycles. The Bertz CT molecular complexity index is 1440. The third kappa shape index (κ3) is 6.22. The molecule has 3 N–H and O–H groups in total. The molecule has 6 nitrogen and oxygen atoms in total. The summed E-state index contributed by atoms with van der Waals surface area (Å²) in [5, 5.41) is 3.87. The van der Waals surface area contributed by atoms with Crippen LogP contribution in [0.1, 0.15) is 44.2 Å². The first kappa shape index (κ1) is 25.7. The van der Waals surface area contributed by atoms with Crippen LogP contribution in [0.2, 0.25) is 0 Å². The van der Waals surface area contributed by atoms with E-state index in [9.17, 15) is 13.2 Å². The molecule has 0 radical (unpaired) electrons. The Morgan fingerprint density at radius 2 is 1.69 bits per heavy atom. The maximum Gasteiger partial charge on any atom is 0.240 e. The fourth-order valence-electron chi connectivity index (χ4n) is 4.47. The first-order chi connectivity index (χ1) is 17.4. The van der Waals surface area contributed by atoms with Crippen LogP contribution < -0.4 is 10.0 Å². The zero-order valence-corrected chi connectivity index (χ0v) is 21.6. The highest BCUT2D eigenvalue weighted by atomic mass is 32.2. The molecule has 36 heavy (non-hydrogen) atoms. The van der Waals surface area contributed by atoms with E-state index in [1.54, 1.807) is 12.1 Å². The molecule has 0 unspecified atom stereocenters. The van der Waals surface area contributed by atoms with E-state index in [2.05, 4.69) is 21.9 Å². The van der Waals surface area contributed by atoms with E-state index in [1.807, 2.05) is 60.7 Å². The highest BCUT2D eigenvalue weighted by Crippen LogP contribution is 2.32. The Kier molecular flexibility index (Phi) is 8.23. The predicted octanol–water partition coefficient (Wildman–Crippen LogP) is 6.05. The van der Waals surface area contributed by atoms with Gasteiger partial charge in [-0.25, -0.2) is 13.1 Å². The lowest BCUT2D eigenvalue weighted by molar-refractivity contribution is -0.114. The van der Waals surface area contributed by atoms with Crippen LogP contribution in [0.5, 0.6) is 0 Å². The fourth-order valence-corrected chi connectivity index (χ4v) is 5.50. The summed E-state index contributed by atoms with van der Waals surface area (Å²) in [5.41, 5.74) is 5.72. The predicted molar refractivity (Wildman–Crippen MR) is 147 cm³/mol. The molecule has 0 aliphatic rings. The van der Waals surface area contributed by atoms with Crippen LogP contribution in [-0.4, -0.2) is 25.9 Å². The number of nitrogens with one attached hydrogen (secondary N) is 3. The number of benzene rings is 3. The van der Waals surface area contributed by atoms with Crippen LogP contribution in [0.3, 0.4) is 0 Å². The topological polar surface area (TPSA) is 91.1 Å². The van der Waals surface area contributed by atoms with E-state index in [1.165, 1.54) is 13.3 Å². The van der Waals surface area contributed by atoms with Crippen LogP contribution in [0.25, 0.3) is 22.2 Å². The molecule has 1 amide bonds. The molecule has 0 saturated carbocycles. The number of aromatic amines is 1. The van der Waals surface area contributed by atoms with Gasteiger partial charge in [-0.05, 0) is 60.7 Å². The molecule has 0 bridgehead atoms. The lowest BCUT2D eigenvalue weighted by Gasteiger charge is -2.10. The van der Waals surface area contributed by atoms with E-state index in [0.717, 1.165) is 52.5 Å². The highest BCUT2D eigenvalue weighted by Gasteiger charge is 2.17. The summed E-state index contributed by atoms with van der Waals surface area (Å²) in [7, 11) is -3.61. The van der Waals surface area contributed by atoms with Crippen molar-refractivity contribution in [3.8, 4) is 11.3 Å². The minimum Gasteiger partial charge on any atom is -0.354 e. The Morgan fingerprint density at radius 3 is 2.44 bits per heavy atom. The molecule has 0 atom stereocenters. The number of anilines is 1. The molecule has 4 rings (SSSR count). The normalized spacial score (nSPS) is 11.6. The molecule has 1 heterocycles. The zero-order chi connectivity index (χ0) is 25.5. The number of carbonyl (C=O) groups is 1. The van der Waals surface area contributed by atoms with E-state index in [0.29, 0.717) is 12.1 Å². The Morgan fingerprint density at radius 1 is 0.917 bits per heavy atom. The minimum atomic E-state index is -3.61. The van der Waals surface area contributed by atoms with Gasteiger partial charge in [0.15, 0.2) is 0 Å². The fraction of sp³-hybridized carbons (Fsp3) is 0.276. The van der Waals surface area contributed by atoms with Gasteiger partial charge in [-0.15, -0.1) is 0 Å². The number of rotatable bonds is 11. The molecule has 4 aromatic rings. The first-order valence-corrected chi connectivity index (χ1v) is 13.9. The van der Waals surface area contributed by atoms with Gasteiger partial charge in [-0.1, -0.05) is 62.2 Å². The van der Waals surface area contributed by atoms with Crippen molar-refractivity contribution in [3.63, 3.8) is 0 Å². The molecule has 0 spiro atoms. The molecule has 0 fully saturated rings. The number of amides is 1. The van der Waals surface area contributed by atoms with Crippen molar-refractivity contribution in [2.24, 2.45) is 0 Å². The monoisotopic (exact) mass is 503 g/mol. The maximum atomic E-state index is 12.9. The third-order valence-corrected chi connectivity index (χ3v) is 7.73. The number of aryl methyl sites for hydroxylation is 1. The number of H-pyrrole nitrogens is 1. The van der Waals surface area contributed by atoms with Gasteiger partial charge in [-0.2, -0.15) is 0 Å². The van der Waals surface area contributed by atoms with Crippen LogP contribution in [0.4, 0.5) is 5.69 Å². The number of carbonyl (C=O) groups excluding carboxylic acids is 1. The van der Waals surface area contributed by atoms with Crippen molar-refractivity contribution < 1.29 is 13.2 Å². The average molecular weight is 504 g/mol. The van der Waals surface area contributed by atoms with Crippen LogP contribution >= 0.6 is 0 Å². The van der Waals surface area contributed by atoms with Gasteiger partial charge < -0.3 is 10.3 Å². The van der Waals surface area contributed by atoms with E-state index >= 15 is 0 Å².